The van der Waals surface area contributed by atoms with Crippen molar-refractivity contribution in [1.82, 2.24) is 4.72 Å². The fourth-order valence-electron chi connectivity index (χ4n) is 4.32. The van der Waals surface area contributed by atoms with Gasteiger partial charge in [-0.1, -0.05) is 43.2 Å². The van der Waals surface area contributed by atoms with Gasteiger partial charge in [0.05, 0.1) is 4.55 Å². The Hall–Kier alpha value is -2.00. The summed E-state index contributed by atoms with van der Waals surface area (Å²) in [6, 6.07) is 10.1. The Labute approximate surface area is 192 Å². The maximum atomic E-state index is 13.4. The average Bonchev–Trinajstić information content (AvgIpc) is 2.76. The van der Waals surface area contributed by atoms with Crippen LogP contribution in [0.25, 0.3) is 10.8 Å². The molecule has 2 aromatic carbocycles. The topological polar surface area (TPSA) is 95.2 Å². The lowest BCUT2D eigenvalue weighted by molar-refractivity contribution is -0.897. The number of carbonyl (C=O) groups excluding carboxylic acids is 1. The van der Waals surface area contributed by atoms with E-state index in [0.29, 0.717) is 11.8 Å². The molecule has 1 fully saturated rings. The van der Waals surface area contributed by atoms with Crippen LogP contribution < -0.4 is 15.1 Å². The van der Waals surface area contributed by atoms with Crippen molar-refractivity contribution < 1.29 is 23.9 Å². The first-order valence-corrected chi connectivity index (χ1v) is 12.9. The zero-order chi connectivity index (χ0) is 23.3. The summed E-state index contributed by atoms with van der Waals surface area (Å²) in [5.41, 5.74) is 2.55. The van der Waals surface area contributed by atoms with E-state index in [9.17, 15) is 13.6 Å². The van der Waals surface area contributed by atoms with E-state index in [4.69, 9.17) is 4.84 Å². The number of nitrogens with two attached hydrogens (primary N) is 1. The standard InChI is InChI=1S/C24H35N3O4S/c1-17(2)16-21(24(28)31-25-18-10-6-5-7-11-18)26-32(29,30)23-15-9-12-19-20(23)13-8-14-22(19)27(3)4/h8-9,12-15,17-18,21,25H,5-7,10-11,16H2,1-4H3,(H,26,29)/q+1/p+1/t21-,32?/m0/s1. The van der Waals surface area contributed by atoms with Gasteiger partial charge < -0.3 is 4.90 Å². The maximum Gasteiger partial charge on any atom is 0.387 e. The normalized spacial score (nSPS) is 17.8. The van der Waals surface area contributed by atoms with Crippen LogP contribution in [0.1, 0.15) is 52.4 Å². The molecule has 7 nitrogen and oxygen atoms in total. The predicted octanol–water partition coefficient (Wildman–Crippen LogP) is 3.38. The lowest BCUT2D eigenvalue weighted by Gasteiger charge is -2.20. The summed E-state index contributed by atoms with van der Waals surface area (Å²) in [5.74, 6) is -0.417. The first-order chi connectivity index (χ1) is 15.2. The summed E-state index contributed by atoms with van der Waals surface area (Å²) in [6.45, 7) is 3.92. The molecular formula is C24H36N3O4S+2. The number of rotatable bonds is 9. The fraction of sp³-hybridized carbons (Fsp3) is 0.542. The molecule has 0 amide bonds. The fourth-order valence-corrected chi connectivity index (χ4v) is 5.74. The Bertz CT molecular complexity index is 973. The number of hydrogen-bond donors (Lipinski definition) is 2. The van der Waals surface area contributed by atoms with Gasteiger partial charge in [0.2, 0.25) is 4.90 Å². The van der Waals surface area contributed by atoms with Crippen molar-refractivity contribution in [3.8, 4) is 0 Å². The SMILES string of the molecule is CC(C)C[C@H](N[S+]([O])(=O)c1cccc2c(N(C)C)cccc12)C(=O)O[NH2+]C1CCCCC1. The van der Waals surface area contributed by atoms with Crippen LogP contribution in [-0.2, 0) is 28.8 Å². The van der Waals surface area contributed by atoms with E-state index < -0.39 is 22.4 Å². The van der Waals surface area contributed by atoms with E-state index in [1.165, 1.54) is 6.42 Å². The van der Waals surface area contributed by atoms with E-state index in [1.54, 1.807) is 23.7 Å². The van der Waals surface area contributed by atoms with Gasteiger partial charge in [-0.3, -0.25) is 4.84 Å². The third-order valence-electron chi connectivity index (χ3n) is 5.95. The molecule has 0 heterocycles. The van der Waals surface area contributed by atoms with Crippen molar-refractivity contribution in [2.24, 2.45) is 5.92 Å². The van der Waals surface area contributed by atoms with Gasteiger partial charge in [-0.2, -0.15) is 5.48 Å². The van der Waals surface area contributed by atoms with E-state index in [0.717, 1.165) is 36.8 Å². The number of quaternary nitrogens is 1. The second kappa shape index (κ2) is 10.7. The van der Waals surface area contributed by atoms with Crippen LogP contribution in [-0.4, -0.2) is 32.1 Å². The molecule has 2 atom stereocenters. The van der Waals surface area contributed by atoms with Crippen molar-refractivity contribution >= 4 is 32.8 Å². The van der Waals surface area contributed by atoms with Crippen LogP contribution in [0.3, 0.4) is 0 Å². The Morgan fingerprint density at radius 1 is 1.12 bits per heavy atom. The quantitative estimate of drug-likeness (QED) is 0.441. The molecular weight excluding hydrogens is 426 g/mol. The summed E-state index contributed by atoms with van der Waals surface area (Å²) < 4.78 is 29.4. The molecule has 0 saturated heterocycles. The van der Waals surface area contributed by atoms with E-state index in [1.807, 2.05) is 51.0 Å². The molecule has 1 aliphatic carbocycles. The van der Waals surface area contributed by atoms with Crippen molar-refractivity contribution in [3.05, 3.63) is 36.4 Å². The minimum absolute atomic E-state index is 0.123. The first-order valence-electron chi connectivity index (χ1n) is 11.4. The second-order valence-corrected chi connectivity index (χ2v) is 11.0. The zero-order valence-corrected chi connectivity index (χ0v) is 20.3. The number of benzene rings is 2. The molecule has 2 aromatic rings. The number of hydroxylamine groups is 1. The number of nitrogens with one attached hydrogen (secondary N) is 1. The minimum atomic E-state index is -3.95. The zero-order valence-electron chi connectivity index (χ0n) is 19.5. The van der Waals surface area contributed by atoms with Crippen LogP contribution >= 0.6 is 0 Å². The van der Waals surface area contributed by atoms with Gasteiger partial charge in [-0.05, 0) is 47.6 Å². The van der Waals surface area contributed by atoms with E-state index in [-0.39, 0.29) is 16.9 Å². The molecule has 175 valence electrons. The summed E-state index contributed by atoms with van der Waals surface area (Å²) in [5, 5.41) is 1.46. The van der Waals surface area contributed by atoms with E-state index >= 15 is 0 Å². The Morgan fingerprint density at radius 2 is 1.78 bits per heavy atom. The Balaban J connectivity index is 1.83. The number of fused-ring (bicyclic) bond motifs is 1. The number of sulfonamides is 1. The van der Waals surface area contributed by atoms with Crippen molar-refractivity contribution in [3.63, 3.8) is 0 Å². The highest BCUT2D eigenvalue weighted by Gasteiger charge is 2.41. The Kier molecular flexibility index (Phi) is 8.27. The first kappa shape index (κ1) is 24.6. The van der Waals surface area contributed by atoms with Crippen LogP contribution in [0.15, 0.2) is 41.3 Å². The molecule has 3 N–H and O–H groups in total. The third kappa shape index (κ3) is 6.07. The molecule has 0 aliphatic heterocycles. The number of carbonyl (C=O) groups is 1. The van der Waals surface area contributed by atoms with Crippen LogP contribution in [0.2, 0.25) is 0 Å². The molecule has 1 aliphatic rings. The maximum absolute atomic E-state index is 13.4. The molecule has 0 spiro atoms. The lowest BCUT2D eigenvalue weighted by atomic mass is 9.96. The van der Waals surface area contributed by atoms with Gasteiger partial charge in [-0.25, -0.2) is 4.79 Å². The second-order valence-electron chi connectivity index (χ2n) is 9.30. The van der Waals surface area contributed by atoms with Gasteiger partial charge in [0.25, 0.3) is 0 Å². The largest absolute Gasteiger partial charge is 0.387 e. The summed E-state index contributed by atoms with van der Waals surface area (Å²) in [7, 11) is -0.101. The average molecular weight is 463 g/mol. The number of hydrogen-bond acceptors (Lipinski definition) is 4. The van der Waals surface area contributed by atoms with Crippen molar-refractivity contribution in [1.29, 1.82) is 0 Å². The molecule has 1 radical (unpaired) electrons. The summed E-state index contributed by atoms with van der Waals surface area (Å²) >= 11 is 0. The van der Waals surface area contributed by atoms with Crippen LogP contribution in [0, 0.1) is 5.92 Å². The van der Waals surface area contributed by atoms with Gasteiger partial charge in [0.15, 0.2) is 6.04 Å². The highest BCUT2D eigenvalue weighted by Crippen LogP contribution is 2.32. The molecule has 8 heteroatoms. The number of nitrogens with zero attached hydrogens (tertiary/aromatic N) is 1. The smallest absolute Gasteiger partial charge is 0.377 e. The Morgan fingerprint density at radius 3 is 2.44 bits per heavy atom. The molecule has 32 heavy (non-hydrogen) atoms. The summed E-state index contributed by atoms with van der Waals surface area (Å²) in [6.07, 6.45) is 5.88. The predicted molar refractivity (Wildman–Crippen MR) is 127 cm³/mol. The van der Waals surface area contributed by atoms with Crippen molar-refractivity contribution in [2.45, 2.75) is 69.4 Å². The highest BCUT2D eigenvalue weighted by atomic mass is 32.3. The highest BCUT2D eigenvalue weighted by molar-refractivity contribution is 7.95. The van der Waals surface area contributed by atoms with Gasteiger partial charge in [0, 0.05) is 43.4 Å². The molecule has 1 unspecified atom stereocenters. The third-order valence-corrected chi connectivity index (χ3v) is 7.48. The van der Waals surface area contributed by atoms with Gasteiger partial charge in [-0.15, -0.1) is 0 Å². The molecule has 1 saturated carbocycles. The molecule has 0 bridgehead atoms. The van der Waals surface area contributed by atoms with E-state index in [2.05, 4.69) is 4.72 Å². The van der Waals surface area contributed by atoms with Gasteiger partial charge in [0.1, 0.15) is 6.04 Å². The van der Waals surface area contributed by atoms with Crippen molar-refractivity contribution in [2.75, 3.05) is 19.0 Å². The van der Waals surface area contributed by atoms with Crippen LogP contribution in [0.4, 0.5) is 5.69 Å². The lowest BCUT2D eigenvalue weighted by Crippen LogP contribution is -2.90. The summed E-state index contributed by atoms with van der Waals surface area (Å²) in [4.78, 5) is 20.4. The number of anilines is 1. The molecule has 3 rings (SSSR count). The van der Waals surface area contributed by atoms with Gasteiger partial charge >= 0.3 is 16.4 Å². The monoisotopic (exact) mass is 462 g/mol. The minimum Gasteiger partial charge on any atom is -0.377 e. The molecule has 0 aromatic heterocycles. The van der Waals surface area contributed by atoms with Crippen LogP contribution in [0.5, 0.6) is 0 Å².